The Hall–Kier alpha value is -3.43. The fourth-order valence-electron chi connectivity index (χ4n) is 4.29. The van der Waals surface area contributed by atoms with Gasteiger partial charge in [0.05, 0.1) is 12.7 Å². The molecular weight excluding hydrogens is 619 g/mol. The Kier molecular flexibility index (Phi) is 12.4. The summed E-state index contributed by atoms with van der Waals surface area (Å²) >= 11 is 4.11. The van der Waals surface area contributed by atoms with Crippen LogP contribution in [-0.4, -0.2) is 70.2 Å². The lowest BCUT2D eigenvalue weighted by molar-refractivity contribution is -0.157. The molecule has 17 heteroatoms. The molecule has 4 unspecified atom stereocenters. The van der Waals surface area contributed by atoms with E-state index in [2.05, 4.69) is 28.0 Å². The molecule has 0 aliphatic carbocycles. The van der Waals surface area contributed by atoms with Gasteiger partial charge in [0.25, 0.3) is 5.56 Å². The lowest BCUT2D eigenvalue weighted by Gasteiger charge is -2.27. The monoisotopic (exact) mass is 656 g/mol. The van der Waals surface area contributed by atoms with Crippen LogP contribution in [0.1, 0.15) is 40.8 Å². The SMILES string of the molecule is CC(=O)NC(CS)C(=O)O[C@@H]1C(CO[P@@](=O)(N[C@@H](C)C(=O)OC(C)C)Oc2ccccc2)OC(n2ccc(=O)[nH]c2=O)C1C. The molecule has 1 amide bonds. The van der Waals surface area contributed by atoms with Crippen LogP contribution in [0.25, 0.3) is 0 Å². The number of benzene rings is 1. The fraction of sp³-hybridized carbons (Fsp3) is 0.519. The van der Waals surface area contributed by atoms with E-state index < -0.39 is 86.0 Å². The van der Waals surface area contributed by atoms with E-state index in [1.54, 1.807) is 39.0 Å². The van der Waals surface area contributed by atoms with E-state index in [0.717, 1.165) is 10.6 Å². The topological polar surface area (TPSA) is 193 Å². The number of hydrogen-bond donors (Lipinski definition) is 4. The fourth-order valence-corrected chi connectivity index (χ4v) is 6.03. The van der Waals surface area contributed by atoms with E-state index in [1.165, 1.54) is 32.2 Å². The molecule has 1 aliphatic rings. The third-order valence-corrected chi connectivity index (χ3v) is 8.31. The molecule has 0 spiro atoms. The van der Waals surface area contributed by atoms with Crippen LogP contribution in [-0.2, 0) is 37.7 Å². The van der Waals surface area contributed by atoms with Crippen LogP contribution in [0.4, 0.5) is 0 Å². The van der Waals surface area contributed by atoms with Crippen molar-refractivity contribution >= 4 is 38.2 Å². The highest BCUT2D eigenvalue weighted by Crippen LogP contribution is 2.46. The van der Waals surface area contributed by atoms with Gasteiger partial charge in [-0.2, -0.15) is 17.7 Å². The Morgan fingerprint density at radius 3 is 2.39 bits per heavy atom. The van der Waals surface area contributed by atoms with Crippen LogP contribution in [0.3, 0.4) is 0 Å². The van der Waals surface area contributed by atoms with Crippen LogP contribution in [0.15, 0.2) is 52.2 Å². The zero-order valence-electron chi connectivity index (χ0n) is 24.8. The number of esters is 2. The highest BCUT2D eigenvalue weighted by atomic mass is 32.1. The molecule has 1 aliphatic heterocycles. The van der Waals surface area contributed by atoms with Gasteiger partial charge in [0.1, 0.15) is 36.3 Å². The number of ether oxygens (including phenoxy) is 3. The van der Waals surface area contributed by atoms with Crippen molar-refractivity contribution in [3.05, 3.63) is 63.4 Å². The van der Waals surface area contributed by atoms with E-state index in [4.69, 9.17) is 23.3 Å². The molecule has 1 fully saturated rings. The average Bonchev–Trinajstić information content (AvgIpc) is 3.25. The van der Waals surface area contributed by atoms with Gasteiger partial charge in [-0.15, -0.1) is 0 Å². The number of rotatable bonds is 14. The molecular formula is C27H37N4O11PS. The van der Waals surface area contributed by atoms with Gasteiger partial charge in [0.2, 0.25) is 5.91 Å². The van der Waals surface area contributed by atoms with Crippen LogP contribution < -0.4 is 26.2 Å². The Balaban J connectivity index is 1.91. The van der Waals surface area contributed by atoms with E-state index in [0.29, 0.717) is 0 Å². The number of nitrogens with one attached hydrogen (secondary N) is 3. The number of carbonyl (C=O) groups is 3. The summed E-state index contributed by atoms with van der Waals surface area (Å²) in [5.74, 6) is -2.63. The number of para-hydroxylation sites is 1. The van der Waals surface area contributed by atoms with Crippen molar-refractivity contribution in [3.8, 4) is 5.75 Å². The Bertz CT molecular complexity index is 1470. The summed E-state index contributed by atoms with van der Waals surface area (Å²) in [5.41, 5.74) is -1.40. The lowest BCUT2D eigenvalue weighted by Crippen LogP contribution is -2.46. The first kappa shape index (κ1) is 35.1. The zero-order valence-corrected chi connectivity index (χ0v) is 26.6. The molecule has 15 nitrogen and oxygen atoms in total. The van der Waals surface area contributed by atoms with Crippen molar-refractivity contribution in [2.45, 2.75) is 71.2 Å². The minimum atomic E-state index is -4.34. The molecule has 1 aromatic carbocycles. The van der Waals surface area contributed by atoms with E-state index in [1.807, 2.05) is 0 Å². The van der Waals surface area contributed by atoms with Gasteiger partial charge < -0.3 is 24.1 Å². The molecule has 0 bridgehead atoms. The first-order chi connectivity index (χ1) is 20.7. The van der Waals surface area contributed by atoms with Gasteiger partial charge in [-0.3, -0.25) is 28.5 Å². The van der Waals surface area contributed by atoms with Crippen molar-refractivity contribution in [2.24, 2.45) is 5.92 Å². The van der Waals surface area contributed by atoms with Crippen molar-refractivity contribution in [3.63, 3.8) is 0 Å². The van der Waals surface area contributed by atoms with Crippen LogP contribution in [0.5, 0.6) is 5.75 Å². The molecule has 1 saturated heterocycles. The quantitative estimate of drug-likeness (QED) is 0.130. The predicted molar refractivity (Wildman–Crippen MR) is 160 cm³/mol. The Morgan fingerprint density at radius 1 is 1.11 bits per heavy atom. The van der Waals surface area contributed by atoms with Crippen LogP contribution in [0.2, 0.25) is 0 Å². The molecule has 0 saturated carbocycles. The molecule has 44 heavy (non-hydrogen) atoms. The maximum Gasteiger partial charge on any atom is 0.459 e. The highest BCUT2D eigenvalue weighted by Gasteiger charge is 2.48. The first-order valence-corrected chi connectivity index (χ1v) is 15.9. The van der Waals surface area contributed by atoms with E-state index >= 15 is 0 Å². The molecule has 242 valence electrons. The average molecular weight is 657 g/mol. The Labute approximate surface area is 258 Å². The Morgan fingerprint density at radius 2 is 1.80 bits per heavy atom. The smallest absolute Gasteiger partial charge is 0.459 e. The largest absolute Gasteiger partial charge is 0.462 e. The number of carbonyl (C=O) groups excluding carboxylic acids is 3. The third kappa shape index (κ3) is 9.53. The van der Waals surface area contributed by atoms with Crippen LogP contribution >= 0.6 is 20.4 Å². The molecule has 2 heterocycles. The highest BCUT2D eigenvalue weighted by molar-refractivity contribution is 7.80. The summed E-state index contributed by atoms with van der Waals surface area (Å²) < 4.78 is 43.5. The normalized spacial score (nSPS) is 22.4. The standard InChI is InChI=1S/C27H37N4O11PS/c1-15(2)39-25(34)17(4)30-43(37,42-19-9-7-6-8-10-19)38-13-21-23(41-26(35)20(14-44)28-18(5)32)16(3)24(40-21)31-12-11-22(33)29-27(31)36/h6-12,15-17,20-21,23-24,44H,13-14H2,1-5H3,(H,28,32)(H,30,37)(H,29,33,36)/t16?,17-,20?,21?,23-,24?,43-/m0/s1. The zero-order chi connectivity index (χ0) is 32.6. The van der Waals surface area contributed by atoms with Crippen LogP contribution in [0, 0.1) is 5.92 Å². The number of aromatic nitrogens is 2. The van der Waals surface area contributed by atoms with E-state index in [-0.39, 0.29) is 11.5 Å². The number of H-pyrrole nitrogens is 1. The second-order valence-corrected chi connectivity index (χ2v) is 12.4. The van der Waals surface area contributed by atoms with Crippen molar-refractivity contribution in [1.82, 2.24) is 20.0 Å². The summed E-state index contributed by atoms with van der Waals surface area (Å²) in [6.07, 6.45) is -2.49. The second kappa shape index (κ2) is 15.5. The number of hydrogen-bond acceptors (Lipinski definition) is 12. The number of thiol groups is 1. The van der Waals surface area contributed by atoms with Crippen molar-refractivity contribution in [2.75, 3.05) is 12.4 Å². The van der Waals surface area contributed by atoms with Gasteiger partial charge in [0, 0.05) is 30.9 Å². The van der Waals surface area contributed by atoms with Crippen molar-refractivity contribution in [1.29, 1.82) is 0 Å². The van der Waals surface area contributed by atoms with Gasteiger partial charge in [-0.25, -0.2) is 14.2 Å². The minimum absolute atomic E-state index is 0.0707. The van der Waals surface area contributed by atoms with Gasteiger partial charge in [-0.05, 0) is 32.9 Å². The maximum atomic E-state index is 14.0. The summed E-state index contributed by atoms with van der Waals surface area (Å²) in [6, 6.07) is 6.99. The minimum Gasteiger partial charge on any atom is -0.462 e. The summed E-state index contributed by atoms with van der Waals surface area (Å²) in [6.45, 7) is 7.11. The maximum absolute atomic E-state index is 14.0. The molecule has 7 atom stereocenters. The molecule has 3 rings (SSSR count). The number of nitrogens with zero attached hydrogens (tertiary/aromatic N) is 1. The van der Waals surface area contributed by atoms with E-state index in [9.17, 15) is 28.5 Å². The van der Waals surface area contributed by atoms with Gasteiger partial charge in [-0.1, -0.05) is 25.1 Å². The molecule has 2 aromatic rings. The van der Waals surface area contributed by atoms with Crippen molar-refractivity contribution < 1.29 is 42.2 Å². The second-order valence-electron chi connectivity index (χ2n) is 10.3. The molecule has 1 aromatic heterocycles. The lowest BCUT2D eigenvalue weighted by atomic mass is 10.0. The van der Waals surface area contributed by atoms with Gasteiger partial charge >= 0.3 is 25.4 Å². The summed E-state index contributed by atoms with van der Waals surface area (Å²) in [4.78, 5) is 63.5. The number of amides is 1. The summed E-state index contributed by atoms with van der Waals surface area (Å²) in [7, 11) is -4.34. The predicted octanol–water partition coefficient (Wildman–Crippen LogP) is 1.55. The third-order valence-electron chi connectivity index (χ3n) is 6.31. The first-order valence-electron chi connectivity index (χ1n) is 13.8. The van der Waals surface area contributed by atoms with Gasteiger partial charge in [0.15, 0.2) is 0 Å². The summed E-state index contributed by atoms with van der Waals surface area (Å²) in [5, 5.41) is 5.01. The molecule has 3 N–H and O–H groups in total. The molecule has 0 radical (unpaired) electrons. The number of aromatic amines is 1.